The van der Waals surface area contributed by atoms with Crippen LogP contribution in [0.5, 0.6) is 0 Å². The van der Waals surface area contributed by atoms with Crippen LogP contribution in [0.2, 0.25) is 0 Å². The molecule has 0 radical (unpaired) electrons. The second-order valence-electron chi connectivity index (χ2n) is 8.41. The van der Waals surface area contributed by atoms with E-state index in [2.05, 4.69) is 30.5 Å². The highest BCUT2D eigenvalue weighted by atomic mass is 16.5. The number of carbonyl (C=O) groups excluding carboxylic acids is 1. The van der Waals surface area contributed by atoms with Gasteiger partial charge in [-0.25, -0.2) is 19.7 Å². The number of methoxy groups -OCH3 is 3. The van der Waals surface area contributed by atoms with E-state index in [1.54, 1.807) is 40.0 Å². The molecule has 0 aliphatic heterocycles. The number of imidazole rings is 1. The quantitative estimate of drug-likeness (QED) is 0.267. The Morgan fingerprint density at radius 2 is 1.71 bits per heavy atom. The number of fused-ring (bicyclic) bond motifs is 1. The number of hydrogen-bond donors (Lipinski definition) is 2. The van der Waals surface area contributed by atoms with Gasteiger partial charge in [0.1, 0.15) is 11.2 Å². The lowest BCUT2D eigenvalue weighted by molar-refractivity contribution is 0.0595. The van der Waals surface area contributed by atoms with Crippen molar-refractivity contribution in [3.63, 3.8) is 0 Å². The van der Waals surface area contributed by atoms with E-state index in [1.165, 1.54) is 7.11 Å². The Bertz CT molecular complexity index is 1380. The smallest absolute Gasteiger partial charge is 0.360 e. The molecule has 0 fully saturated rings. The minimum absolute atomic E-state index is 0.0420. The number of rotatable bonds is 12. The summed E-state index contributed by atoms with van der Waals surface area (Å²) in [6.45, 7) is 2.66. The summed E-state index contributed by atoms with van der Waals surface area (Å²) >= 11 is 0. The zero-order valence-electron chi connectivity index (χ0n) is 22.2. The zero-order chi connectivity index (χ0) is 27.1. The summed E-state index contributed by atoms with van der Waals surface area (Å²) in [5, 5.41) is 6.30. The molecule has 2 N–H and O–H groups in total. The lowest BCUT2D eigenvalue weighted by atomic mass is 10.1. The Balaban J connectivity index is 1.69. The first kappa shape index (κ1) is 26.8. The summed E-state index contributed by atoms with van der Waals surface area (Å²) < 4.78 is 17.4. The molecule has 0 atom stereocenters. The lowest BCUT2D eigenvalue weighted by Gasteiger charge is -2.24. The molecule has 3 heterocycles. The maximum absolute atomic E-state index is 12.8. The van der Waals surface area contributed by atoms with Crippen LogP contribution in [0.3, 0.4) is 0 Å². The van der Waals surface area contributed by atoms with Crippen LogP contribution in [0, 0.1) is 0 Å². The van der Waals surface area contributed by atoms with Crippen molar-refractivity contribution in [2.75, 3.05) is 70.2 Å². The van der Waals surface area contributed by atoms with E-state index >= 15 is 0 Å². The van der Waals surface area contributed by atoms with Gasteiger partial charge in [-0.2, -0.15) is 0 Å². The first-order chi connectivity index (χ1) is 18.5. The fourth-order valence-corrected chi connectivity index (χ4v) is 4.01. The molecule has 0 saturated heterocycles. The van der Waals surface area contributed by atoms with Crippen LogP contribution < -0.4 is 15.5 Å². The monoisotopic (exact) mass is 520 g/mol. The Hall–Kier alpha value is -4.29. The van der Waals surface area contributed by atoms with E-state index in [0.29, 0.717) is 35.8 Å². The minimum atomic E-state index is -0.619. The molecule has 0 saturated carbocycles. The molecule has 4 rings (SSSR count). The number of benzene rings is 1. The molecule has 1 aromatic carbocycles. The van der Waals surface area contributed by atoms with Crippen molar-refractivity contribution in [2.45, 2.75) is 0 Å². The Kier molecular flexibility index (Phi) is 8.66. The normalized spacial score (nSPS) is 11.0. The van der Waals surface area contributed by atoms with Gasteiger partial charge >= 0.3 is 5.97 Å². The summed E-state index contributed by atoms with van der Waals surface area (Å²) in [4.78, 5) is 33.1. The second-order valence-corrected chi connectivity index (χ2v) is 8.41. The van der Waals surface area contributed by atoms with Gasteiger partial charge in [-0.1, -0.05) is 0 Å². The first-order valence-corrected chi connectivity index (χ1v) is 12.0. The van der Waals surface area contributed by atoms with Gasteiger partial charge in [-0.05, 0) is 24.3 Å². The van der Waals surface area contributed by atoms with Gasteiger partial charge in [-0.3, -0.25) is 4.98 Å². The highest BCUT2D eigenvalue weighted by Crippen LogP contribution is 2.32. The van der Waals surface area contributed by atoms with Crippen molar-refractivity contribution in [3.8, 4) is 11.3 Å². The van der Waals surface area contributed by atoms with Crippen LogP contribution in [0.25, 0.3) is 22.3 Å². The molecule has 0 bridgehead atoms. The third-order valence-corrected chi connectivity index (χ3v) is 6.03. The average molecular weight is 521 g/mol. The number of esters is 1. The molecule has 3 aromatic heterocycles. The number of aryl methyl sites for hydroxylation is 1. The number of carbonyl (C=O) groups is 1. The third-order valence-electron chi connectivity index (χ3n) is 6.03. The number of aromatic nitrogens is 5. The van der Waals surface area contributed by atoms with E-state index < -0.39 is 5.97 Å². The summed E-state index contributed by atoms with van der Waals surface area (Å²) in [6.07, 6.45) is 5.09. The van der Waals surface area contributed by atoms with Crippen molar-refractivity contribution < 1.29 is 19.0 Å². The summed E-state index contributed by atoms with van der Waals surface area (Å²) in [5.41, 5.74) is 4.41. The van der Waals surface area contributed by atoms with E-state index in [4.69, 9.17) is 19.2 Å². The SMILES string of the molecule is CNc1nc(Nc2ccc(N(CCOC)CCOC)cc2)c(C(=O)OC)nc1-c1cncc2c1ncn2C. The number of nitrogens with one attached hydrogen (secondary N) is 2. The van der Waals surface area contributed by atoms with E-state index in [1.807, 2.05) is 35.9 Å². The molecule has 200 valence electrons. The van der Waals surface area contributed by atoms with Crippen LogP contribution in [0.4, 0.5) is 23.0 Å². The third kappa shape index (κ3) is 5.66. The molecule has 12 heteroatoms. The van der Waals surface area contributed by atoms with Gasteiger partial charge in [0.25, 0.3) is 0 Å². The molecule has 0 spiro atoms. The fourth-order valence-electron chi connectivity index (χ4n) is 4.01. The van der Waals surface area contributed by atoms with E-state index in [0.717, 1.165) is 30.0 Å². The Morgan fingerprint density at radius 1 is 1.00 bits per heavy atom. The van der Waals surface area contributed by atoms with Crippen LogP contribution in [0.15, 0.2) is 43.0 Å². The first-order valence-electron chi connectivity index (χ1n) is 12.0. The van der Waals surface area contributed by atoms with Crippen LogP contribution >= 0.6 is 0 Å². The van der Waals surface area contributed by atoms with Crippen molar-refractivity contribution in [3.05, 3.63) is 48.7 Å². The van der Waals surface area contributed by atoms with Gasteiger partial charge in [0, 0.05) is 59.0 Å². The van der Waals surface area contributed by atoms with Gasteiger partial charge in [0.15, 0.2) is 17.3 Å². The molecular formula is C26H32N8O4. The van der Waals surface area contributed by atoms with E-state index in [-0.39, 0.29) is 11.5 Å². The molecule has 12 nitrogen and oxygen atoms in total. The Morgan fingerprint density at radius 3 is 2.34 bits per heavy atom. The molecule has 4 aromatic rings. The minimum Gasteiger partial charge on any atom is -0.464 e. The predicted octanol–water partition coefficient (Wildman–Crippen LogP) is 3.10. The maximum Gasteiger partial charge on any atom is 0.360 e. The van der Waals surface area contributed by atoms with Crippen LogP contribution in [-0.2, 0) is 21.3 Å². The average Bonchev–Trinajstić information content (AvgIpc) is 3.34. The van der Waals surface area contributed by atoms with Crippen molar-refractivity contribution >= 4 is 40.0 Å². The number of pyridine rings is 1. The highest BCUT2D eigenvalue weighted by molar-refractivity contribution is 5.98. The van der Waals surface area contributed by atoms with Crippen molar-refractivity contribution in [2.24, 2.45) is 7.05 Å². The zero-order valence-corrected chi connectivity index (χ0v) is 22.2. The van der Waals surface area contributed by atoms with Crippen molar-refractivity contribution in [1.82, 2.24) is 24.5 Å². The Labute approximate surface area is 221 Å². The molecule has 0 unspecified atom stereocenters. The highest BCUT2D eigenvalue weighted by Gasteiger charge is 2.23. The molecule has 0 aliphatic rings. The maximum atomic E-state index is 12.8. The molecular weight excluding hydrogens is 488 g/mol. The largest absolute Gasteiger partial charge is 0.464 e. The summed E-state index contributed by atoms with van der Waals surface area (Å²) in [6, 6.07) is 7.80. The number of ether oxygens (including phenoxy) is 3. The second kappa shape index (κ2) is 12.3. The molecule has 38 heavy (non-hydrogen) atoms. The number of anilines is 4. The standard InChI is InChI=1S/C26H32N8O4/c1-27-24-22(19-14-28-15-20-21(19)29-16-33(20)2)31-23(26(35)38-5)25(32-24)30-17-6-8-18(9-7-17)34(10-12-36-3)11-13-37-4/h6-9,14-16H,10-13H2,1-5H3,(H2,27,30,32). The fraction of sp³-hybridized carbons (Fsp3) is 0.346. The predicted molar refractivity (Wildman–Crippen MR) is 146 cm³/mol. The lowest BCUT2D eigenvalue weighted by Crippen LogP contribution is -2.30. The number of nitrogens with zero attached hydrogens (tertiary/aromatic N) is 6. The molecule has 0 aliphatic carbocycles. The molecule has 0 amide bonds. The van der Waals surface area contributed by atoms with Gasteiger partial charge in [0.2, 0.25) is 0 Å². The summed E-state index contributed by atoms with van der Waals surface area (Å²) in [5.74, 6) is 0.100. The van der Waals surface area contributed by atoms with E-state index in [9.17, 15) is 4.79 Å². The summed E-state index contributed by atoms with van der Waals surface area (Å²) in [7, 11) is 8.30. The van der Waals surface area contributed by atoms with Gasteiger partial charge < -0.3 is 34.3 Å². The topological polar surface area (TPSA) is 129 Å². The van der Waals surface area contributed by atoms with Crippen LogP contribution in [0.1, 0.15) is 10.5 Å². The van der Waals surface area contributed by atoms with Crippen molar-refractivity contribution in [1.29, 1.82) is 0 Å². The van der Waals surface area contributed by atoms with Gasteiger partial charge in [0.05, 0.1) is 43.9 Å². The van der Waals surface area contributed by atoms with Crippen LogP contribution in [-0.4, -0.2) is 85.2 Å². The van der Waals surface area contributed by atoms with Gasteiger partial charge in [-0.15, -0.1) is 0 Å². The number of hydrogen-bond acceptors (Lipinski definition) is 11.